The molecule has 2 aromatic rings. The van der Waals surface area contributed by atoms with Crippen LogP contribution in [0.4, 0.5) is 0 Å². The van der Waals surface area contributed by atoms with Gasteiger partial charge in [0.25, 0.3) is 0 Å². The minimum absolute atomic E-state index is 0.132. The molecule has 2 aromatic heterocycles. The first-order valence-corrected chi connectivity index (χ1v) is 8.46. The molecule has 1 saturated carbocycles. The predicted molar refractivity (Wildman–Crippen MR) is 88.0 cm³/mol. The Kier molecular flexibility index (Phi) is 4.15. The summed E-state index contributed by atoms with van der Waals surface area (Å²) in [5, 5.41) is 0.485. The third-order valence-corrected chi connectivity index (χ3v) is 5.22. The largest absolute Gasteiger partial charge is 0.308 e. The number of nitrogens with zero attached hydrogens (tertiary/aromatic N) is 3. The lowest BCUT2D eigenvalue weighted by molar-refractivity contribution is 0.210. The van der Waals surface area contributed by atoms with Crippen molar-refractivity contribution in [1.29, 1.82) is 0 Å². The second kappa shape index (κ2) is 5.77. The van der Waals surface area contributed by atoms with Crippen LogP contribution in [0, 0.1) is 11.8 Å². The first kappa shape index (κ1) is 15.1. The summed E-state index contributed by atoms with van der Waals surface area (Å²) in [5.74, 6) is 2.41. The Morgan fingerprint density at radius 1 is 1.29 bits per heavy atom. The monoisotopic (exact) mass is 325 g/mol. The van der Waals surface area contributed by atoms with E-state index in [1.807, 2.05) is 13.0 Å². The molecule has 2 heterocycles. The fourth-order valence-corrected chi connectivity index (χ4v) is 3.68. The molecule has 114 valence electrons. The molecule has 0 spiro atoms. The Hall–Kier alpha value is -0.800. The zero-order valence-electron chi connectivity index (χ0n) is 12.7. The molecule has 3 rings (SSSR count). The van der Waals surface area contributed by atoms with Gasteiger partial charge in [0.2, 0.25) is 0 Å². The summed E-state index contributed by atoms with van der Waals surface area (Å²) in [7, 11) is 0. The SMILES string of the molecule is CC(Cl)c1nc2cc(Cl)cnc2n1C1CCC(C)C(C)C1. The van der Waals surface area contributed by atoms with E-state index in [2.05, 4.69) is 28.4 Å². The van der Waals surface area contributed by atoms with E-state index in [0.29, 0.717) is 17.0 Å². The van der Waals surface area contributed by atoms with Gasteiger partial charge in [0, 0.05) is 12.2 Å². The number of aromatic nitrogens is 3. The van der Waals surface area contributed by atoms with E-state index >= 15 is 0 Å². The molecule has 0 N–H and O–H groups in total. The Morgan fingerprint density at radius 2 is 2.05 bits per heavy atom. The van der Waals surface area contributed by atoms with E-state index in [0.717, 1.165) is 35.7 Å². The fraction of sp³-hybridized carbons (Fsp3) is 0.625. The Bertz CT molecular complexity index is 650. The van der Waals surface area contributed by atoms with Gasteiger partial charge >= 0.3 is 0 Å². The van der Waals surface area contributed by atoms with Crippen LogP contribution in [0.25, 0.3) is 11.2 Å². The highest BCUT2D eigenvalue weighted by molar-refractivity contribution is 6.31. The van der Waals surface area contributed by atoms with Crippen LogP contribution in [0.3, 0.4) is 0 Å². The van der Waals surface area contributed by atoms with Crippen LogP contribution in [-0.4, -0.2) is 14.5 Å². The highest BCUT2D eigenvalue weighted by Crippen LogP contribution is 2.39. The lowest BCUT2D eigenvalue weighted by atomic mass is 9.79. The second-order valence-corrected chi connectivity index (χ2v) is 7.46. The van der Waals surface area contributed by atoms with Gasteiger partial charge in [0.15, 0.2) is 5.65 Å². The number of imidazole rings is 1. The van der Waals surface area contributed by atoms with Crippen LogP contribution in [0.2, 0.25) is 5.02 Å². The lowest BCUT2D eigenvalue weighted by Crippen LogP contribution is -2.24. The highest BCUT2D eigenvalue weighted by Gasteiger charge is 2.29. The average Bonchev–Trinajstić information content (AvgIpc) is 2.80. The van der Waals surface area contributed by atoms with Gasteiger partial charge in [-0.2, -0.15) is 0 Å². The predicted octanol–water partition coefficient (Wildman–Crippen LogP) is 5.38. The van der Waals surface area contributed by atoms with Gasteiger partial charge in [-0.25, -0.2) is 9.97 Å². The van der Waals surface area contributed by atoms with Crippen molar-refractivity contribution in [2.75, 3.05) is 0 Å². The molecule has 3 nitrogen and oxygen atoms in total. The van der Waals surface area contributed by atoms with Crippen LogP contribution in [0.1, 0.15) is 57.3 Å². The van der Waals surface area contributed by atoms with Crippen molar-refractivity contribution in [2.24, 2.45) is 11.8 Å². The van der Waals surface area contributed by atoms with Gasteiger partial charge < -0.3 is 4.57 Å². The molecular formula is C16H21Cl2N3. The molecule has 1 aliphatic rings. The maximum Gasteiger partial charge on any atom is 0.160 e. The molecular weight excluding hydrogens is 305 g/mol. The average molecular weight is 326 g/mol. The Morgan fingerprint density at radius 3 is 2.71 bits per heavy atom. The first-order chi connectivity index (χ1) is 9.97. The van der Waals surface area contributed by atoms with E-state index in [-0.39, 0.29) is 5.38 Å². The molecule has 0 saturated heterocycles. The lowest BCUT2D eigenvalue weighted by Gasteiger charge is -2.33. The summed E-state index contributed by atoms with van der Waals surface area (Å²) >= 11 is 12.4. The maximum absolute atomic E-state index is 6.36. The number of hydrogen-bond donors (Lipinski definition) is 0. The number of fused-ring (bicyclic) bond motifs is 1. The molecule has 0 amide bonds. The van der Waals surface area contributed by atoms with Gasteiger partial charge in [-0.05, 0) is 44.1 Å². The Labute approximate surface area is 135 Å². The molecule has 5 heteroatoms. The van der Waals surface area contributed by atoms with Crippen molar-refractivity contribution in [3.63, 3.8) is 0 Å². The zero-order chi connectivity index (χ0) is 15.1. The number of alkyl halides is 1. The number of hydrogen-bond acceptors (Lipinski definition) is 2. The molecule has 0 aromatic carbocycles. The summed E-state index contributed by atoms with van der Waals surface area (Å²) in [6.07, 6.45) is 5.26. The van der Waals surface area contributed by atoms with Gasteiger partial charge in [-0.15, -0.1) is 11.6 Å². The van der Waals surface area contributed by atoms with Crippen LogP contribution in [0.5, 0.6) is 0 Å². The maximum atomic E-state index is 6.36. The van der Waals surface area contributed by atoms with Gasteiger partial charge in [0.05, 0.1) is 10.4 Å². The zero-order valence-corrected chi connectivity index (χ0v) is 14.2. The van der Waals surface area contributed by atoms with Crippen molar-refractivity contribution in [3.8, 4) is 0 Å². The Balaban J connectivity index is 2.09. The van der Waals surface area contributed by atoms with Crippen LogP contribution < -0.4 is 0 Å². The minimum Gasteiger partial charge on any atom is -0.308 e. The third-order valence-electron chi connectivity index (χ3n) is 4.82. The smallest absolute Gasteiger partial charge is 0.160 e. The van der Waals surface area contributed by atoms with Gasteiger partial charge in [-0.3, -0.25) is 0 Å². The van der Waals surface area contributed by atoms with E-state index in [1.165, 1.54) is 6.42 Å². The number of pyridine rings is 1. The van der Waals surface area contributed by atoms with Crippen molar-refractivity contribution in [2.45, 2.75) is 51.5 Å². The van der Waals surface area contributed by atoms with Crippen molar-refractivity contribution < 1.29 is 0 Å². The fourth-order valence-electron chi connectivity index (χ4n) is 3.37. The van der Waals surface area contributed by atoms with Crippen molar-refractivity contribution in [3.05, 3.63) is 23.1 Å². The van der Waals surface area contributed by atoms with Crippen molar-refractivity contribution in [1.82, 2.24) is 14.5 Å². The molecule has 0 bridgehead atoms. The highest BCUT2D eigenvalue weighted by atomic mass is 35.5. The molecule has 4 unspecified atom stereocenters. The molecule has 4 atom stereocenters. The van der Waals surface area contributed by atoms with E-state index in [9.17, 15) is 0 Å². The summed E-state index contributed by atoms with van der Waals surface area (Å²) in [6, 6.07) is 2.31. The first-order valence-electron chi connectivity index (χ1n) is 7.64. The minimum atomic E-state index is -0.132. The molecule has 1 fully saturated rings. The third kappa shape index (κ3) is 2.78. The number of halogens is 2. The summed E-state index contributed by atoms with van der Waals surface area (Å²) in [6.45, 7) is 6.65. The number of rotatable bonds is 2. The summed E-state index contributed by atoms with van der Waals surface area (Å²) in [5.41, 5.74) is 1.75. The van der Waals surface area contributed by atoms with Gasteiger partial charge in [-0.1, -0.05) is 25.4 Å². The quantitative estimate of drug-likeness (QED) is 0.694. The summed E-state index contributed by atoms with van der Waals surface area (Å²) in [4.78, 5) is 9.19. The molecule has 0 aliphatic heterocycles. The van der Waals surface area contributed by atoms with Gasteiger partial charge in [0.1, 0.15) is 11.3 Å². The topological polar surface area (TPSA) is 30.7 Å². The van der Waals surface area contributed by atoms with E-state index < -0.39 is 0 Å². The van der Waals surface area contributed by atoms with Crippen molar-refractivity contribution >= 4 is 34.4 Å². The summed E-state index contributed by atoms with van der Waals surface area (Å²) < 4.78 is 2.26. The van der Waals surface area contributed by atoms with E-state index in [1.54, 1.807) is 6.20 Å². The second-order valence-electron chi connectivity index (χ2n) is 6.37. The molecule has 1 aliphatic carbocycles. The van der Waals surface area contributed by atoms with Crippen LogP contribution in [-0.2, 0) is 0 Å². The molecule has 21 heavy (non-hydrogen) atoms. The normalized spacial score (nSPS) is 28.0. The molecule has 0 radical (unpaired) electrons. The van der Waals surface area contributed by atoms with E-state index in [4.69, 9.17) is 23.2 Å². The van der Waals surface area contributed by atoms with Crippen LogP contribution in [0.15, 0.2) is 12.3 Å². The van der Waals surface area contributed by atoms with Crippen LogP contribution >= 0.6 is 23.2 Å². The standard InChI is InChI=1S/C16H21Cl2N3/c1-9-4-5-13(6-10(9)2)21-15(11(3)17)20-14-7-12(18)8-19-16(14)21/h7-11,13H,4-6H2,1-3H3.